The van der Waals surface area contributed by atoms with Crippen molar-refractivity contribution in [1.82, 2.24) is 4.90 Å². The van der Waals surface area contributed by atoms with Gasteiger partial charge in [-0.3, -0.25) is 4.90 Å². The quantitative estimate of drug-likeness (QED) is 0.860. The predicted octanol–water partition coefficient (Wildman–Crippen LogP) is 2.21. The van der Waals surface area contributed by atoms with Crippen LogP contribution in [-0.2, 0) is 4.74 Å². The summed E-state index contributed by atoms with van der Waals surface area (Å²) in [6.45, 7) is 8.60. The highest BCUT2D eigenvalue weighted by Crippen LogP contribution is 2.41. The van der Waals surface area contributed by atoms with E-state index < -0.39 is 0 Å². The largest absolute Gasteiger partial charge is 0.381 e. The average molecular weight is 286 g/mol. The molecular formula is C15H30N2OS. The van der Waals surface area contributed by atoms with Crippen molar-refractivity contribution < 1.29 is 4.74 Å². The second-order valence-corrected chi connectivity index (χ2v) is 8.18. The Hall–Kier alpha value is 0.230. The maximum atomic E-state index is 6.19. The van der Waals surface area contributed by atoms with Gasteiger partial charge in [-0.1, -0.05) is 13.8 Å². The Balaban J connectivity index is 1.98. The summed E-state index contributed by atoms with van der Waals surface area (Å²) in [5, 5.41) is 0. The van der Waals surface area contributed by atoms with Crippen molar-refractivity contribution in [2.75, 3.05) is 44.9 Å². The maximum absolute atomic E-state index is 6.19. The van der Waals surface area contributed by atoms with Crippen molar-refractivity contribution in [2.24, 2.45) is 17.1 Å². The van der Waals surface area contributed by atoms with E-state index >= 15 is 0 Å². The van der Waals surface area contributed by atoms with Crippen molar-refractivity contribution in [3.63, 3.8) is 0 Å². The summed E-state index contributed by atoms with van der Waals surface area (Å²) in [6, 6.07) is 0. The molecule has 0 aliphatic carbocycles. The number of thioether (sulfide) groups is 1. The first-order chi connectivity index (χ1) is 8.97. The van der Waals surface area contributed by atoms with E-state index in [2.05, 4.69) is 37.6 Å². The Kier molecular flexibility index (Phi) is 5.21. The summed E-state index contributed by atoms with van der Waals surface area (Å²) in [7, 11) is 2.28. The van der Waals surface area contributed by atoms with Crippen LogP contribution in [0.2, 0.25) is 0 Å². The molecule has 1 unspecified atom stereocenters. The molecule has 0 saturated carbocycles. The van der Waals surface area contributed by atoms with Gasteiger partial charge in [0.05, 0.1) is 0 Å². The summed E-state index contributed by atoms with van der Waals surface area (Å²) in [6.07, 6.45) is 3.65. The summed E-state index contributed by atoms with van der Waals surface area (Å²) >= 11 is 2.08. The van der Waals surface area contributed by atoms with Gasteiger partial charge in [-0.05, 0) is 43.4 Å². The molecule has 0 aromatic carbocycles. The smallest absolute Gasteiger partial charge is 0.0469 e. The van der Waals surface area contributed by atoms with Gasteiger partial charge in [0, 0.05) is 37.6 Å². The van der Waals surface area contributed by atoms with Crippen LogP contribution in [0.5, 0.6) is 0 Å². The summed E-state index contributed by atoms with van der Waals surface area (Å²) < 4.78 is 5.46. The van der Waals surface area contributed by atoms with Crippen molar-refractivity contribution >= 4 is 11.8 Å². The Morgan fingerprint density at radius 1 is 1.26 bits per heavy atom. The molecule has 2 rings (SSSR count). The van der Waals surface area contributed by atoms with Gasteiger partial charge in [0.15, 0.2) is 0 Å². The second-order valence-electron chi connectivity index (χ2n) is 7.20. The fourth-order valence-electron chi connectivity index (χ4n) is 3.55. The lowest BCUT2D eigenvalue weighted by atomic mass is 9.78. The number of nitrogens with two attached hydrogens (primary N) is 1. The van der Waals surface area contributed by atoms with E-state index in [1.54, 1.807) is 0 Å². The molecule has 0 amide bonds. The molecule has 2 aliphatic heterocycles. The third-order valence-corrected chi connectivity index (χ3v) is 6.46. The third-order valence-electron chi connectivity index (χ3n) is 4.73. The van der Waals surface area contributed by atoms with E-state index in [4.69, 9.17) is 10.5 Å². The molecule has 0 radical (unpaired) electrons. The zero-order chi connectivity index (χ0) is 13.9. The summed E-state index contributed by atoms with van der Waals surface area (Å²) in [4.78, 5) is 2.57. The van der Waals surface area contributed by atoms with Crippen molar-refractivity contribution in [3.05, 3.63) is 0 Å². The molecule has 0 aromatic rings. The molecule has 1 atom stereocenters. The van der Waals surface area contributed by atoms with E-state index in [9.17, 15) is 0 Å². The first-order valence-corrected chi connectivity index (χ1v) is 8.70. The van der Waals surface area contributed by atoms with Gasteiger partial charge in [0.2, 0.25) is 0 Å². The van der Waals surface area contributed by atoms with Gasteiger partial charge in [0.1, 0.15) is 0 Å². The second kappa shape index (κ2) is 6.33. The lowest BCUT2D eigenvalue weighted by Gasteiger charge is -2.50. The topological polar surface area (TPSA) is 38.5 Å². The van der Waals surface area contributed by atoms with E-state index in [1.807, 2.05) is 0 Å². The van der Waals surface area contributed by atoms with Crippen LogP contribution in [0.1, 0.15) is 33.1 Å². The molecule has 112 valence electrons. The minimum Gasteiger partial charge on any atom is -0.381 e. The standard InChI is InChI=1S/C15H30N2OS/c1-14(2)9-15(10-16,12-19-11-14)17(3)8-13-4-6-18-7-5-13/h13H,4-12,16H2,1-3H3. The summed E-state index contributed by atoms with van der Waals surface area (Å²) in [5.41, 5.74) is 6.79. The number of rotatable bonds is 4. The third kappa shape index (κ3) is 3.87. The SMILES string of the molecule is CN(CC1CCOCC1)C1(CN)CSCC(C)(C)C1. The molecule has 3 nitrogen and oxygen atoms in total. The van der Waals surface area contributed by atoms with E-state index in [0.29, 0.717) is 5.41 Å². The van der Waals surface area contributed by atoms with Gasteiger partial charge in [-0.25, -0.2) is 0 Å². The monoisotopic (exact) mass is 286 g/mol. The van der Waals surface area contributed by atoms with Gasteiger partial charge >= 0.3 is 0 Å². The van der Waals surface area contributed by atoms with Gasteiger partial charge in [-0.2, -0.15) is 11.8 Å². The predicted molar refractivity (Wildman–Crippen MR) is 83.7 cm³/mol. The molecule has 2 heterocycles. The lowest BCUT2D eigenvalue weighted by Crippen LogP contribution is -2.59. The molecule has 2 aliphatic rings. The minimum absolute atomic E-state index is 0.199. The Labute approximate surface area is 122 Å². The number of nitrogens with zero attached hydrogens (tertiary/aromatic N) is 1. The first kappa shape index (κ1) is 15.6. The van der Waals surface area contributed by atoms with Crippen LogP contribution in [0.15, 0.2) is 0 Å². The average Bonchev–Trinajstić information content (AvgIpc) is 2.38. The van der Waals surface area contributed by atoms with Crippen LogP contribution < -0.4 is 5.73 Å². The highest BCUT2D eigenvalue weighted by molar-refractivity contribution is 7.99. The van der Waals surface area contributed by atoms with Crippen LogP contribution in [0.4, 0.5) is 0 Å². The molecule has 0 spiro atoms. The number of likely N-dealkylation sites (N-methyl/N-ethyl adjacent to an activating group) is 1. The molecule has 2 N–H and O–H groups in total. The zero-order valence-corrected chi connectivity index (χ0v) is 13.6. The van der Waals surface area contributed by atoms with E-state index in [0.717, 1.165) is 25.7 Å². The molecule has 0 bridgehead atoms. The van der Waals surface area contributed by atoms with Crippen LogP contribution in [-0.4, -0.2) is 55.3 Å². The maximum Gasteiger partial charge on any atom is 0.0469 e. The number of ether oxygens (including phenoxy) is 1. The normalized spacial score (nSPS) is 32.7. The molecule has 19 heavy (non-hydrogen) atoms. The first-order valence-electron chi connectivity index (χ1n) is 7.54. The molecular weight excluding hydrogens is 256 g/mol. The van der Waals surface area contributed by atoms with Gasteiger partial charge in [-0.15, -0.1) is 0 Å². The molecule has 2 fully saturated rings. The lowest BCUT2D eigenvalue weighted by molar-refractivity contribution is 0.0277. The van der Waals surface area contributed by atoms with Gasteiger partial charge < -0.3 is 10.5 Å². The van der Waals surface area contributed by atoms with Crippen LogP contribution >= 0.6 is 11.8 Å². The fraction of sp³-hybridized carbons (Fsp3) is 1.00. The molecule has 4 heteroatoms. The molecule has 2 saturated heterocycles. The Bertz CT molecular complexity index is 292. The fourth-order valence-corrected chi connectivity index (χ4v) is 5.13. The van der Waals surface area contributed by atoms with Gasteiger partial charge in [0.25, 0.3) is 0 Å². The number of hydrogen-bond donors (Lipinski definition) is 1. The van der Waals surface area contributed by atoms with Crippen LogP contribution in [0.25, 0.3) is 0 Å². The van der Waals surface area contributed by atoms with Crippen LogP contribution in [0.3, 0.4) is 0 Å². The Morgan fingerprint density at radius 3 is 2.53 bits per heavy atom. The van der Waals surface area contributed by atoms with Crippen molar-refractivity contribution in [2.45, 2.75) is 38.6 Å². The van der Waals surface area contributed by atoms with Crippen LogP contribution in [0, 0.1) is 11.3 Å². The highest BCUT2D eigenvalue weighted by atomic mass is 32.2. The number of hydrogen-bond acceptors (Lipinski definition) is 4. The minimum atomic E-state index is 0.199. The van der Waals surface area contributed by atoms with Crippen molar-refractivity contribution in [3.8, 4) is 0 Å². The zero-order valence-electron chi connectivity index (χ0n) is 12.8. The van der Waals surface area contributed by atoms with E-state index in [-0.39, 0.29) is 5.54 Å². The summed E-state index contributed by atoms with van der Waals surface area (Å²) in [5.74, 6) is 3.24. The van der Waals surface area contributed by atoms with Crippen molar-refractivity contribution in [1.29, 1.82) is 0 Å². The molecule has 0 aromatic heterocycles. The Morgan fingerprint density at radius 2 is 1.95 bits per heavy atom. The van der Waals surface area contributed by atoms with E-state index in [1.165, 1.54) is 37.3 Å². The highest BCUT2D eigenvalue weighted by Gasteiger charge is 2.42.